The number of carbonyl (C=O) groups is 1. The molecule has 0 radical (unpaired) electrons. The molecule has 4 nitrogen and oxygen atoms in total. The number of nitrogens with two attached hydrogens (primary N) is 1. The Morgan fingerprint density at radius 2 is 2.00 bits per heavy atom. The molecule has 0 aromatic heterocycles. The highest BCUT2D eigenvalue weighted by Gasteiger charge is 2.31. The number of carbonyl (C=O) groups excluding carboxylic acids is 1. The minimum atomic E-state index is -0.716. The summed E-state index contributed by atoms with van der Waals surface area (Å²) in [5, 5.41) is 3.00. The van der Waals surface area contributed by atoms with Gasteiger partial charge in [0.05, 0.1) is 0 Å². The average molecular weight is 235 g/mol. The second-order valence-electron chi connectivity index (χ2n) is 4.30. The molecule has 1 aromatic rings. The highest BCUT2D eigenvalue weighted by atomic mass is 16.1. The summed E-state index contributed by atoms with van der Waals surface area (Å²) in [5.74, 6) is -0.339. The zero-order chi connectivity index (χ0) is 12.9. The van der Waals surface area contributed by atoms with Crippen LogP contribution in [0.25, 0.3) is 0 Å². The molecule has 4 heteroatoms. The van der Waals surface area contributed by atoms with Gasteiger partial charge in [0.15, 0.2) is 0 Å². The summed E-state index contributed by atoms with van der Waals surface area (Å²) >= 11 is 0. The number of para-hydroxylation sites is 1. The van der Waals surface area contributed by atoms with Crippen LogP contribution in [-0.2, 0) is 4.79 Å². The molecule has 0 saturated carbocycles. The van der Waals surface area contributed by atoms with E-state index in [2.05, 4.69) is 17.1 Å². The van der Waals surface area contributed by atoms with Crippen LogP contribution in [0.1, 0.15) is 13.8 Å². The number of likely N-dealkylation sites (N-methyl/N-ethyl adjacent to an activating group) is 2. The summed E-state index contributed by atoms with van der Waals surface area (Å²) in [5.41, 5.74) is 5.81. The summed E-state index contributed by atoms with van der Waals surface area (Å²) < 4.78 is 0. The summed E-state index contributed by atoms with van der Waals surface area (Å²) in [4.78, 5) is 13.6. The first kappa shape index (κ1) is 13.5. The highest BCUT2D eigenvalue weighted by molar-refractivity contribution is 5.85. The number of primary amides is 1. The van der Waals surface area contributed by atoms with Gasteiger partial charge in [0.2, 0.25) is 5.91 Å². The van der Waals surface area contributed by atoms with Gasteiger partial charge in [-0.15, -0.1) is 0 Å². The molecule has 1 aromatic carbocycles. The van der Waals surface area contributed by atoms with Crippen LogP contribution >= 0.6 is 0 Å². The van der Waals surface area contributed by atoms with Crippen molar-refractivity contribution in [3.8, 4) is 0 Å². The van der Waals surface area contributed by atoms with Crippen LogP contribution in [0.15, 0.2) is 30.3 Å². The van der Waals surface area contributed by atoms with E-state index in [4.69, 9.17) is 5.73 Å². The molecule has 3 N–H and O–H groups in total. The number of nitrogens with zero attached hydrogens (tertiary/aromatic N) is 1. The number of nitrogens with one attached hydrogen (secondary N) is 1. The maximum absolute atomic E-state index is 11.5. The van der Waals surface area contributed by atoms with Crippen molar-refractivity contribution < 1.29 is 4.79 Å². The summed E-state index contributed by atoms with van der Waals surface area (Å²) in [7, 11) is 1.75. The third-order valence-electron chi connectivity index (χ3n) is 3.11. The van der Waals surface area contributed by atoms with E-state index in [0.717, 1.165) is 12.2 Å². The van der Waals surface area contributed by atoms with E-state index in [1.165, 1.54) is 0 Å². The first-order chi connectivity index (χ1) is 8.03. The van der Waals surface area contributed by atoms with Crippen LogP contribution in [0.4, 0.5) is 5.69 Å². The van der Waals surface area contributed by atoms with Crippen LogP contribution in [0, 0.1) is 0 Å². The molecular formula is C13H21N3O. The standard InChI is InChI=1S/C13H21N3O/c1-4-16(11-8-6-5-7-9-11)10-13(2,15-3)12(14)17/h5-9,15H,4,10H2,1-3H3,(H2,14,17). The monoisotopic (exact) mass is 235 g/mol. The molecule has 0 heterocycles. The van der Waals surface area contributed by atoms with Gasteiger partial charge in [-0.25, -0.2) is 0 Å². The molecule has 0 aliphatic heterocycles. The summed E-state index contributed by atoms with van der Waals surface area (Å²) in [6.07, 6.45) is 0. The minimum absolute atomic E-state index is 0.339. The smallest absolute Gasteiger partial charge is 0.239 e. The maximum atomic E-state index is 11.5. The Bertz CT molecular complexity index is 366. The van der Waals surface area contributed by atoms with Gasteiger partial charge in [0.1, 0.15) is 5.54 Å². The van der Waals surface area contributed by atoms with E-state index < -0.39 is 5.54 Å². The third-order valence-corrected chi connectivity index (χ3v) is 3.11. The van der Waals surface area contributed by atoms with E-state index in [1.807, 2.05) is 37.3 Å². The van der Waals surface area contributed by atoms with Crippen LogP contribution in [0.3, 0.4) is 0 Å². The van der Waals surface area contributed by atoms with Crippen LogP contribution in [-0.4, -0.2) is 31.6 Å². The lowest BCUT2D eigenvalue weighted by molar-refractivity contribution is -0.123. The Morgan fingerprint density at radius 1 is 1.41 bits per heavy atom. The van der Waals surface area contributed by atoms with E-state index in [1.54, 1.807) is 7.05 Å². The van der Waals surface area contributed by atoms with Crippen molar-refractivity contribution in [2.75, 3.05) is 25.0 Å². The Morgan fingerprint density at radius 3 is 2.41 bits per heavy atom. The Kier molecular flexibility index (Phi) is 4.52. The topological polar surface area (TPSA) is 58.4 Å². The van der Waals surface area contributed by atoms with Crippen LogP contribution in [0.5, 0.6) is 0 Å². The molecular weight excluding hydrogens is 214 g/mol. The van der Waals surface area contributed by atoms with E-state index in [9.17, 15) is 4.79 Å². The first-order valence-electron chi connectivity index (χ1n) is 5.82. The van der Waals surface area contributed by atoms with Crippen molar-refractivity contribution in [3.05, 3.63) is 30.3 Å². The van der Waals surface area contributed by atoms with E-state index in [0.29, 0.717) is 6.54 Å². The zero-order valence-electron chi connectivity index (χ0n) is 10.7. The molecule has 1 rings (SSSR count). The van der Waals surface area contributed by atoms with Crippen LogP contribution in [0.2, 0.25) is 0 Å². The quantitative estimate of drug-likeness (QED) is 0.772. The molecule has 0 aliphatic rings. The lowest BCUT2D eigenvalue weighted by Gasteiger charge is -2.33. The molecule has 1 unspecified atom stereocenters. The number of anilines is 1. The zero-order valence-corrected chi connectivity index (χ0v) is 10.7. The largest absolute Gasteiger partial charge is 0.369 e. The fraction of sp³-hybridized carbons (Fsp3) is 0.462. The fourth-order valence-corrected chi connectivity index (χ4v) is 1.69. The van der Waals surface area contributed by atoms with Crippen molar-refractivity contribution >= 4 is 11.6 Å². The van der Waals surface area contributed by atoms with Gasteiger partial charge < -0.3 is 16.0 Å². The van der Waals surface area contributed by atoms with Gasteiger partial charge in [-0.1, -0.05) is 18.2 Å². The van der Waals surface area contributed by atoms with E-state index in [-0.39, 0.29) is 5.91 Å². The molecule has 1 amide bonds. The molecule has 0 spiro atoms. The number of rotatable bonds is 6. The Labute approximate surface area is 103 Å². The van der Waals surface area contributed by atoms with Crippen molar-refractivity contribution in [2.24, 2.45) is 5.73 Å². The first-order valence-corrected chi connectivity index (χ1v) is 5.82. The summed E-state index contributed by atoms with van der Waals surface area (Å²) in [6, 6.07) is 10.0. The SMILES string of the molecule is CCN(CC(C)(NC)C(N)=O)c1ccccc1. The lowest BCUT2D eigenvalue weighted by atomic mass is 10.0. The van der Waals surface area contributed by atoms with Crippen molar-refractivity contribution in [2.45, 2.75) is 19.4 Å². The number of amides is 1. The Hall–Kier alpha value is -1.55. The third kappa shape index (κ3) is 3.20. The van der Waals surface area contributed by atoms with Crippen LogP contribution < -0.4 is 16.0 Å². The highest BCUT2D eigenvalue weighted by Crippen LogP contribution is 2.16. The second kappa shape index (κ2) is 5.68. The number of benzene rings is 1. The van der Waals surface area contributed by atoms with Crippen molar-refractivity contribution in [3.63, 3.8) is 0 Å². The van der Waals surface area contributed by atoms with Gasteiger partial charge in [0.25, 0.3) is 0 Å². The number of hydrogen-bond donors (Lipinski definition) is 2. The fourth-order valence-electron chi connectivity index (χ4n) is 1.69. The lowest BCUT2D eigenvalue weighted by Crippen LogP contribution is -2.58. The summed E-state index contributed by atoms with van der Waals surface area (Å²) in [6.45, 7) is 5.26. The van der Waals surface area contributed by atoms with Gasteiger partial charge in [-0.05, 0) is 33.0 Å². The van der Waals surface area contributed by atoms with Gasteiger partial charge >= 0.3 is 0 Å². The normalized spacial score (nSPS) is 14.1. The molecule has 0 bridgehead atoms. The molecule has 0 saturated heterocycles. The molecule has 17 heavy (non-hydrogen) atoms. The molecule has 0 aliphatic carbocycles. The molecule has 94 valence electrons. The van der Waals surface area contributed by atoms with Gasteiger partial charge in [-0.3, -0.25) is 4.79 Å². The molecule has 0 fully saturated rings. The predicted octanol–water partition coefficient (Wildman–Crippen LogP) is 0.976. The maximum Gasteiger partial charge on any atom is 0.239 e. The minimum Gasteiger partial charge on any atom is -0.369 e. The second-order valence-corrected chi connectivity index (χ2v) is 4.30. The number of hydrogen-bond acceptors (Lipinski definition) is 3. The average Bonchev–Trinajstić information content (AvgIpc) is 2.36. The van der Waals surface area contributed by atoms with E-state index >= 15 is 0 Å². The van der Waals surface area contributed by atoms with Crippen molar-refractivity contribution in [1.29, 1.82) is 0 Å². The Balaban J connectivity index is 2.87. The van der Waals surface area contributed by atoms with Gasteiger partial charge in [-0.2, -0.15) is 0 Å². The van der Waals surface area contributed by atoms with Gasteiger partial charge in [0, 0.05) is 18.8 Å². The molecule has 1 atom stereocenters. The van der Waals surface area contributed by atoms with Crippen molar-refractivity contribution in [1.82, 2.24) is 5.32 Å². The predicted molar refractivity (Wildman–Crippen MR) is 71.0 cm³/mol.